The van der Waals surface area contributed by atoms with Gasteiger partial charge in [0.25, 0.3) is 11.9 Å². The molecule has 7 nitrogen and oxygen atoms in total. The number of nitrogens with one attached hydrogen (secondary N) is 1. The van der Waals surface area contributed by atoms with Crippen molar-refractivity contribution in [2.24, 2.45) is 13.0 Å². The Labute approximate surface area is 183 Å². The fourth-order valence-electron chi connectivity index (χ4n) is 4.17. The van der Waals surface area contributed by atoms with E-state index in [1.165, 1.54) is 34.9 Å². The molecule has 1 aromatic heterocycles. The number of hydrogen-bond acceptors (Lipinski definition) is 5. The Hall–Kier alpha value is -3.62. The first-order chi connectivity index (χ1) is 15.5. The van der Waals surface area contributed by atoms with Crippen LogP contribution in [-0.2, 0) is 7.05 Å². The molecule has 0 spiro atoms. The van der Waals surface area contributed by atoms with Gasteiger partial charge in [0.2, 0.25) is 0 Å². The molecule has 2 heterocycles. The first-order valence-electron chi connectivity index (χ1n) is 10.6. The molecule has 32 heavy (non-hydrogen) atoms. The summed E-state index contributed by atoms with van der Waals surface area (Å²) in [5.41, 5.74) is 3.64. The van der Waals surface area contributed by atoms with Crippen LogP contribution in [-0.4, -0.2) is 39.2 Å². The Bertz CT molecular complexity index is 1180. The zero-order valence-corrected chi connectivity index (χ0v) is 17.6. The van der Waals surface area contributed by atoms with Crippen molar-refractivity contribution in [3.63, 3.8) is 0 Å². The zero-order chi connectivity index (χ0) is 22.2. The summed E-state index contributed by atoms with van der Waals surface area (Å²) in [6, 6.07) is 10.7. The number of anilines is 2. The highest BCUT2D eigenvalue weighted by atomic mass is 19.1. The van der Waals surface area contributed by atoms with Crippen LogP contribution in [0.5, 0.6) is 0 Å². The van der Waals surface area contributed by atoms with Crippen molar-refractivity contribution in [3.05, 3.63) is 70.8 Å². The number of benzene rings is 2. The summed E-state index contributed by atoms with van der Waals surface area (Å²) in [4.78, 5) is 15.9. The molecule has 9 heteroatoms. The van der Waals surface area contributed by atoms with Gasteiger partial charge in [-0.1, -0.05) is 28.9 Å². The molecule has 2 aliphatic rings. The fourth-order valence-corrected chi connectivity index (χ4v) is 4.17. The van der Waals surface area contributed by atoms with Crippen molar-refractivity contribution < 1.29 is 13.6 Å². The fraction of sp³-hybridized carbons (Fsp3) is 0.304. The van der Waals surface area contributed by atoms with Crippen molar-refractivity contribution in [1.82, 2.24) is 20.2 Å². The van der Waals surface area contributed by atoms with Crippen molar-refractivity contribution in [3.8, 4) is 0 Å². The average molecular weight is 436 g/mol. The van der Waals surface area contributed by atoms with E-state index < -0.39 is 23.1 Å². The van der Waals surface area contributed by atoms with Gasteiger partial charge in [-0.15, -0.1) is 5.10 Å². The lowest BCUT2D eigenvalue weighted by Crippen LogP contribution is -2.32. The minimum absolute atomic E-state index is 0.471. The van der Waals surface area contributed by atoms with Crippen LogP contribution in [0.2, 0.25) is 0 Å². The van der Waals surface area contributed by atoms with Crippen LogP contribution < -0.4 is 10.2 Å². The Balaban J connectivity index is 1.37. The number of aryl methyl sites for hydroxylation is 1. The highest BCUT2D eigenvalue weighted by Gasteiger charge is 2.32. The number of hydrogen-bond donors (Lipinski definition) is 1. The normalized spacial score (nSPS) is 16.4. The molecule has 0 saturated heterocycles. The molecule has 164 valence electrons. The second-order valence-electron chi connectivity index (χ2n) is 8.16. The van der Waals surface area contributed by atoms with Gasteiger partial charge in [0.05, 0.1) is 7.05 Å². The van der Waals surface area contributed by atoms with Crippen LogP contribution in [0.15, 0.2) is 48.0 Å². The van der Waals surface area contributed by atoms with Crippen molar-refractivity contribution in [2.45, 2.75) is 19.3 Å². The largest absolute Gasteiger partial charge is 0.334 e. The molecule has 0 bridgehead atoms. The van der Waals surface area contributed by atoms with E-state index in [0.717, 1.165) is 30.7 Å². The molecule has 0 unspecified atom stereocenters. The number of aromatic nitrogens is 4. The third-order valence-electron chi connectivity index (χ3n) is 5.92. The highest BCUT2D eigenvalue weighted by molar-refractivity contribution is 6.04. The second-order valence-corrected chi connectivity index (χ2v) is 8.16. The standard InChI is InChI=1S/C23H22F2N6O/c1-30-28-23(27-29-30)31-12-11-17(14-5-6-14)18(13-31)15-7-9-16(10-8-15)26-22(32)21-19(24)3-2-4-20(21)25/h2-4,7-10,14H,5-6,11-13H2,1H3,(H,26,32). The third-order valence-corrected chi connectivity index (χ3v) is 5.92. The first kappa shape index (κ1) is 20.3. The second kappa shape index (κ2) is 8.14. The number of rotatable bonds is 5. The minimum Gasteiger partial charge on any atom is -0.334 e. The maximum absolute atomic E-state index is 13.9. The molecule has 1 saturated carbocycles. The van der Waals surface area contributed by atoms with Gasteiger partial charge < -0.3 is 10.2 Å². The van der Waals surface area contributed by atoms with E-state index in [9.17, 15) is 13.6 Å². The summed E-state index contributed by atoms with van der Waals surface area (Å²) < 4.78 is 27.8. The summed E-state index contributed by atoms with van der Waals surface area (Å²) in [5.74, 6) is -1.36. The molecular weight excluding hydrogens is 414 g/mol. The van der Waals surface area contributed by atoms with E-state index >= 15 is 0 Å². The van der Waals surface area contributed by atoms with Gasteiger partial charge in [0.15, 0.2) is 0 Å². The Morgan fingerprint density at radius 3 is 2.44 bits per heavy atom. The van der Waals surface area contributed by atoms with Gasteiger partial charge in [0, 0.05) is 18.8 Å². The SMILES string of the molecule is Cn1nnc(N2CCC(C3CC3)=C(c3ccc(NC(=O)c4c(F)cccc4F)cc3)C2)n1. The lowest BCUT2D eigenvalue weighted by Gasteiger charge is -2.30. The molecule has 0 atom stereocenters. The molecule has 1 N–H and O–H groups in total. The minimum atomic E-state index is -0.890. The molecule has 1 amide bonds. The summed E-state index contributed by atoms with van der Waals surface area (Å²) in [7, 11) is 1.74. The van der Waals surface area contributed by atoms with Gasteiger partial charge in [-0.25, -0.2) is 8.78 Å². The van der Waals surface area contributed by atoms with Crippen LogP contribution in [0.4, 0.5) is 20.4 Å². The van der Waals surface area contributed by atoms with E-state index in [0.29, 0.717) is 24.1 Å². The van der Waals surface area contributed by atoms with E-state index in [-0.39, 0.29) is 0 Å². The molecule has 1 aliphatic heterocycles. The Morgan fingerprint density at radius 2 is 1.81 bits per heavy atom. The maximum Gasteiger partial charge on any atom is 0.266 e. The molecule has 2 aromatic carbocycles. The number of carbonyl (C=O) groups excluding carboxylic acids is 1. The van der Waals surface area contributed by atoms with Crippen LogP contribution in [0.25, 0.3) is 5.57 Å². The van der Waals surface area contributed by atoms with E-state index in [4.69, 9.17) is 0 Å². The van der Waals surface area contributed by atoms with Gasteiger partial charge in [-0.05, 0) is 65.8 Å². The highest BCUT2D eigenvalue weighted by Crippen LogP contribution is 2.44. The Morgan fingerprint density at radius 1 is 1.09 bits per heavy atom. The summed E-state index contributed by atoms with van der Waals surface area (Å²) in [6.45, 7) is 1.53. The number of carbonyl (C=O) groups is 1. The summed E-state index contributed by atoms with van der Waals surface area (Å²) in [5, 5.41) is 15.0. The zero-order valence-electron chi connectivity index (χ0n) is 17.6. The summed E-state index contributed by atoms with van der Waals surface area (Å²) >= 11 is 0. The molecule has 1 fully saturated rings. The van der Waals surface area contributed by atoms with E-state index in [1.54, 1.807) is 19.2 Å². The molecule has 3 aromatic rings. The number of tetrazole rings is 1. The van der Waals surface area contributed by atoms with Crippen molar-refractivity contribution >= 4 is 23.1 Å². The van der Waals surface area contributed by atoms with E-state index in [2.05, 4.69) is 25.6 Å². The van der Waals surface area contributed by atoms with Gasteiger partial charge >= 0.3 is 0 Å². The van der Waals surface area contributed by atoms with Gasteiger partial charge in [0.1, 0.15) is 17.2 Å². The van der Waals surface area contributed by atoms with Crippen LogP contribution in [0.1, 0.15) is 35.2 Å². The number of amides is 1. The average Bonchev–Trinajstić information content (AvgIpc) is 3.54. The van der Waals surface area contributed by atoms with Crippen molar-refractivity contribution in [2.75, 3.05) is 23.3 Å². The molecular formula is C23H22F2N6O. The lowest BCUT2D eigenvalue weighted by atomic mass is 9.91. The smallest absolute Gasteiger partial charge is 0.266 e. The van der Waals surface area contributed by atoms with Crippen LogP contribution in [0, 0.1) is 17.6 Å². The van der Waals surface area contributed by atoms with Crippen LogP contribution >= 0.6 is 0 Å². The monoisotopic (exact) mass is 436 g/mol. The third kappa shape index (κ3) is 3.98. The maximum atomic E-state index is 13.9. The molecule has 0 radical (unpaired) electrons. The van der Waals surface area contributed by atoms with Crippen molar-refractivity contribution in [1.29, 1.82) is 0 Å². The molecule has 1 aliphatic carbocycles. The predicted octanol–water partition coefficient (Wildman–Crippen LogP) is 3.81. The quantitative estimate of drug-likeness (QED) is 0.658. The number of nitrogens with zero attached hydrogens (tertiary/aromatic N) is 5. The predicted molar refractivity (Wildman–Crippen MR) is 116 cm³/mol. The van der Waals surface area contributed by atoms with Gasteiger partial charge in [-0.3, -0.25) is 4.79 Å². The van der Waals surface area contributed by atoms with Crippen LogP contribution in [0.3, 0.4) is 0 Å². The topological polar surface area (TPSA) is 75.9 Å². The Kier molecular flexibility index (Phi) is 5.16. The first-order valence-corrected chi connectivity index (χ1v) is 10.6. The van der Waals surface area contributed by atoms with E-state index in [1.807, 2.05) is 12.1 Å². The lowest BCUT2D eigenvalue weighted by molar-refractivity contribution is 0.101. The van der Waals surface area contributed by atoms with Gasteiger partial charge in [-0.2, -0.15) is 4.80 Å². The summed E-state index contributed by atoms with van der Waals surface area (Å²) in [6.07, 6.45) is 3.37. The number of halogens is 2. The molecule has 5 rings (SSSR count).